The van der Waals surface area contributed by atoms with Crippen molar-refractivity contribution in [2.75, 3.05) is 33.2 Å². The van der Waals surface area contributed by atoms with Crippen molar-refractivity contribution in [3.8, 4) is 0 Å². The van der Waals surface area contributed by atoms with E-state index in [2.05, 4.69) is 31.4 Å². The molecule has 0 atom stereocenters. The van der Waals surface area contributed by atoms with Crippen molar-refractivity contribution in [3.63, 3.8) is 0 Å². The third kappa shape index (κ3) is 8.39. The van der Waals surface area contributed by atoms with Gasteiger partial charge in [0.15, 0.2) is 0 Å². The molecule has 0 bridgehead atoms. The minimum atomic E-state index is 0.145. The Morgan fingerprint density at radius 1 is 1.27 bits per heavy atom. The molecule has 0 heterocycles. The van der Waals surface area contributed by atoms with Crippen LogP contribution in [0.2, 0.25) is 0 Å². The van der Waals surface area contributed by atoms with E-state index in [9.17, 15) is 4.79 Å². The van der Waals surface area contributed by atoms with Crippen LogP contribution in [-0.4, -0.2) is 49.6 Å². The fourth-order valence-electron chi connectivity index (χ4n) is 1.03. The second kappa shape index (κ2) is 6.80. The van der Waals surface area contributed by atoms with Gasteiger partial charge in [0, 0.05) is 32.2 Å². The summed E-state index contributed by atoms with van der Waals surface area (Å²) in [5.41, 5.74) is 0.145. The van der Waals surface area contributed by atoms with E-state index in [0.29, 0.717) is 6.54 Å². The van der Waals surface area contributed by atoms with Crippen molar-refractivity contribution in [3.05, 3.63) is 0 Å². The summed E-state index contributed by atoms with van der Waals surface area (Å²) in [6, 6.07) is 0. The molecule has 0 unspecified atom stereocenters. The number of nitrogens with one attached hydrogen (secondary N) is 2. The number of rotatable bonds is 6. The van der Waals surface area contributed by atoms with Gasteiger partial charge >= 0.3 is 0 Å². The normalized spacial score (nSPS) is 11.5. The van der Waals surface area contributed by atoms with Gasteiger partial charge in [0.2, 0.25) is 5.91 Å². The Bertz CT molecular complexity index is 187. The second-order valence-electron chi connectivity index (χ2n) is 4.76. The Labute approximate surface area is 93.4 Å². The molecule has 0 saturated heterocycles. The summed E-state index contributed by atoms with van der Waals surface area (Å²) in [6.45, 7) is 11.2. The van der Waals surface area contributed by atoms with Gasteiger partial charge in [-0.15, -0.1) is 0 Å². The first-order chi connectivity index (χ1) is 6.87. The number of hydrogen-bond donors (Lipinski definition) is 2. The van der Waals surface area contributed by atoms with Crippen LogP contribution in [0.4, 0.5) is 0 Å². The molecule has 0 rings (SSSR count). The van der Waals surface area contributed by atoms with Crippen molar-refractivity contribution < 1.29 is 4.79 Å². The lowest BCUT2D eigenvalue weighted by Crippen LogP contribution is -2.42. The van der Waals surface area contributed by atoms with Crippen molar-refractivity contribution in [2.45, 2.75) is 33.2 Å². The van der Waals surface area contributed by atoms with Crippen LogP contribution in [0.25, 0.3) is 0 Å². The first kappa shape index (κ1) is 14.4. The van der Waals surface area contributed by atoms with Crippen LogP contribution in [-0.2, 0) is 4.79 Å². The summed E-state index contributed by atoms with van der Waals surface area (Å²) in [5.74, 6) is 0.147. The van der Waals surface area contributed by atoms with Crippen LogP contribution >= 0.6 is 0 Å². The van der Waals surface area contributed by atoms with Gasteiger partial charge in [-0.1, -0.05) is 0 Å². The molecule has 0 aromatic carbocycles. The average molecular weight is 215 g/mol. The van der Waals surface area contributed by atoms with Crippen LogP contribution in [0.3, 0.4) is 0 Å². The summed E-state index contributed by atoms with van der Waals surface area (Å²) in [7, 11) is 1.82. The number of amides is 1. The maximum absolute atomic E-state index is 11.4. The largest absolute Gasteiger partial charge is 0.345 e. The summed E-state index contributed by atoms with van der Waals surface area (Å²) < 4.78 is 0. The molecule has 4 heteroatoms. The summed E-state index contributed by atoms with van der Waals surface area (Å²) in [4.78, 5) is 13.1. The van der Waals surface area contributed by atoms with E-state index in [1.165, 1.54) is 0 Å². The predicted molar refractivity (Wildman–Crippen MR) is 63.9 cm³/mol. The standard InChI is InChI=1S/C11H25N3O/c1-6-14(5)10(15)9-12-7-8-13-11(2,3)4/h12-13H,6-9H2,1-5H3. The van der Waals surface area contributed by atoms with Crippen LogP contribution in [0.15, 0.2) is 0 Å². The van der Waals surface area contributed by atoms with Gasteiger partial charge in [0.05, 0.1) is 6.54 Å². The fraction of sp³-hybridized carbons (Fsp3) is 0.909. The number of carbonyl (C=O) groups excluding carboxylic acids is 1. The van der Waals surface area contributed by atoms with Gasteiger partial charge in [0.1, 0.15) is 0 Å². The summed E-state index contributed by atoms with van der Waals surface area (Å²) in [6.07, 6.45) is 0. The lowest BCUT2D eigenvalue weighted by Gasteiger charge is -2.21. The van der Waals surface area contributed by atoms with E-state index in [0.717, 1.165) is 19.6 Å². The lowest BCUT2D eigenvalue weighted by atomic mass is 10.1. The zero-order chi connectivity index (χ0) is 11.9. The van der Waals surface area contributed by atoms with Gasteiger partial charge in [0.25, 0.3) is 0 Å². The van der Waals surface area contributed by atoms with Gasteiger partial charge in [-0.2, -0.15) is 0 Å². The molecule has 0 aliphatic heterocycles. The molecule has 0 radical (unpaired) electrons. The number of likely N-dealkylation sites (N-methyl/N-ethyl adjacent to an activating group) is 1. The summed E-state index contributed by atoms with van der Waals surface area (Å²) >= 11 is 0. The van der Waals surface area contributed by atoms with Gasteiger partial charge in [-0.25, -0.2) is 0 Å². The lowest BCUT2D eigenvalue weighted by molar-refractivity contribution is -0.128. The fourth-order valence-corrected chi connectivity index (χ4v) is 1.03. The first-order valence-electron chi connectivity index (χ1n) is 5.56. The molecule has 15 heavy (non-hydrogen) atoms. The number of carbonyl (C=O) groups is 1. The van der Waals surface area contributed by atoms with Crippen LogP contribution in [0.1, 0.15) is 27.7 Å². The zero-order valence-corrected chi connectivity index (χ0v) is 10.7. The van der Waals surface area contributed by atoms with E-state index in [1.54, 1.807) is 4.90 Å². The highest BCUT2D eigenvalue weighted by molar-refractivity contribution is 5.77. The zero-order valence-electron chi connectivity index (χ0n) is 10.7. The Morgan fingerprint density at radius 2 is 1.87 bits per heavy atom. The molecule has 0 aliphatic rings. The number of hydrogen-bond acceptors (Lipinski definition) is 3. The Morgan fingerprint density at radius 3 is 2.33 bits per heavy atom. The van der Waals surface area contributed by atoms with E-state index >= 15 is 0 Å². The van der Waals surface area contributed by atoms with E-state index in [-0.39, 0.29) is 11.4 Å². The molecule has 0 saturated carbocycles. The molecule has 1 amide bonds. The molecule has 0 aliphatic carbocycles. The third-order valence-corrected chi connectivity index (χ3v) is 2.13. The smallest absolute Gasteiger partial charge is 0.236 e. The average Bonchev–Trinajstić information content (AvgIpc) is 2.14. The maximum Gasteiger partial charge on any atom is 0.236 e. The van der Waals surface area contributed by atoms with Gasteiger partial charge < -0.3 is 15.5 Å². The van der Waals surface area contributed by atoms with E-state index in [1.807, 2.05) is 14.0 Å². The van der Waals surface area contributed by atoms with Crippen LogP contribution in [0.5, 0.6) is 0 Å². The van der Waals surface area contributed by atoms with E-state index < -0.39 is 0 Å². The maximum atomic E-state index is 11.4. The SMILES string of the molecule is CCN(C)C(=O)CNCCNC(C)(C)C. The number of nitrogens with zero attached hydrogens (tertiary/aromatic N) is 1. The Balaban J connectivity index is 3.43. The molecule has 2 N–H and O–H groups in total. The minimum Gasteiger partial charge on any atom is -0.345 e. The molecule has 0 spiro atoms. The predicted octanol–water partition coefficient (Wildman–Crippen LogP) is 0.442. The highest BCUT2D eigenvalue weighted by atomic mass is 16.2. The van der Waals surface area contributed by atoms with Crippen LogP contribution < -0.4 is 10.6 Å². The Kier molecular flexibility index (Phi) is 6.52. The monoisotopic (exact) mass is 215 g/mol. The molecule has 4 nitrogen and oxygen atoms in total. The van der Waals surface area contributed by atoms with Crippen molar-refractivity contribution in [2.24, 2.45) is 0 Å². The molecule has 90 valence electrons. The molecular weight excluding hydrogens is 190 g/mol. The van der Waals surface area contributed by atoms with Crippen molar-refractivity contribution in [1.29, 1.82) is 0 Å². The molecule has 0 aromatic heterocycles. The van der Waals surface area contributed by atoms with Gasteiger partial charge in [-0.3, -0.25) is 4.79 Å². The van der Waals surface area contributed by atoms with Crippen molar-refractivity contribution >= 4 is 5.91 Å². The molecule has 0 aromatic rings. The third-order valence-electron chi connectivity index (χ3n) is 2.13. The Hall–Kier alpha value is -0.610. The second-order valence-corrected chi connectivity index (χ2v) is 4.76. The minimum absolute atomic E-state index is 0.145. The topological polar surface area (TPSA) is 44.4 Å². The highest BCUT2D eigenvalue weighted by Crippen LogP contribution is 1.96. The van der Waals surface area contributed by atoms with Crippen LogP contribution in [0, 0.1) is 0 Å². The molecular formula is C11H25N3O. The molecule has 0 fully saturated rings. The van der Waals surface area contributed by atoms with Crippen molar-refractivity contribution in [1.82, 2.24) is 15.5 Å². The highest BCUT2D eigenvalue weighted by Gasteiger charge is 2.08. The van der Waals surface area contributed by atoms with E-state index in [4.69, 9.17) is 0 Å². The summed E-state index contributed by atoms with van der Waals surface area (Å²) in [5, 5.41) is 6.47. The first-order valence-corrected chi connectivity index (χ1v) is 5.56. The van der Waals surface area contributed by atoms with Gasteiger partial charge in [-0.05, 0) is 27.7 Å². The quantitative estimate of drug-likeness (QED) is 0.632.